The number of nitrogens with zero attached hydrogens (tertiary/aromatic N) is 4. The van der Waals surface area contributed by atoms with Gasteiger partial charge in [0, 0.05) is 29.9 Å². The number of nitro benzene ring substituents is 1. The Kier molecular flexibility index (Phi) is 8.37. The smallest absolute Gasteiger partial charge is 0.269 e. The summed E-state index contributed by atoms with van der Waals surface area (Å²) in [5.74, 6) is 0.0788. The van der Waals surface area contributed by atoms with Crippen LogP contribution in [0.4, 0.5) is 11.4 Å². The van der Waals surface area contributed by atoms with Crippen LogP contribution in [0.25, 0.3) is 0 Å². The Morgan fingerprint density at radius 2 is 1.91 bits per heavy atom. The van der Waals surface area contributed by atoms with E-state index >= 15 is 0 Å². The van der Waals surface area contributed by atoms with Crippen molar-refractivity contribution in [3.63, 3.8) is 0 Å². The number of benzene rings is 2. The lowest BCUT2D eigenvalue weighted by atomic mass is 10.1. The van der Waals surface area contributed by atoms with Gasteiger partial charge >= 0.3 is 0 Å². The maximum atomic E-state index is 12.6. The molecule has 0 saturated heterocycles. The number of rotatable bonds is 10. The Morgan fingerprint density at radius 1 is 1.20 bits per heavy atom. The van der Waals surface area contributed by atoms with Crippen LogP contribution in [0.15, 0.2) is 60.3 Å². The highest BCUT2D eigenvalue weighted by Crippen LogP contribution is 2.24. The number of carbonyl (C=O) groups excluding carboxylic acids is 2. The lowest BCUT2D eigenvalue weighted by Crippen LogP contribution is -2.28. The third-order valence-electron chi connectivity index (χ3n) is 5.13. The van der Waals surface area contributed by atoms with E-state index < -0.39 is 11.0 Å². The number of carbonyl (C=O) groups is 2. The Balaban J connectivity index is 1.66. The van der Waals surface area contributed by atoms with Crippen LogP contribution in [-0.2, 0) is 11.3 Å². The molecule has 0 bridgehead atoms. The average molecular weight is 495 g/mol. The molecular weight excluding hydrogens is 468 g/mol. The summed E-state index contributed by atoms with van der Waals surface area (Å²) in [5, 5.41) is 25.5. The number of aryl methyl sites for hydroxylation is 2. The molecule has 11 heteroatoms. The van der Waals surface area contributed by atoms with Crippen molar-refractivity contribution in [2.24, 2.45) is 0 Å². The Bertz CT molecular complexity index is 1260. The molecule has 10 nitrogen and oxygen atoms in total. The van der Waals surface area contributed by atoms with Gasteiger partial charge in [0.25, 0.3) is 11.6 Å². The van der Waals surface area contributed by atoms with Crippen molar-refractivity contribution in [2.45, 2.75) is 38.5 Å². The van der Waals surface area contributed by atoms with Gasteiger partial charge < -0.3 is 15.2 Å². The summed E-state index contributed by atoms with van der Waals surface area (Å²) in [7, 11) is 0. The molecule has 35 heavy (non-hydrogen) atoms. The first-order valence-corrected chi connectivity index (χ1v) is 11.8. The van der Waals surface area contributed by atoms with E-state index in [0.29, 0.717) is 34.3 Å². The molecule has 2 amide bonds. The number of hydrogen-bond acceptors (Lipinski definition) is 7. The van der Waals surface area contributed by atoms with Crippen molar-refractivity contribution >= 4 is 35.0 Å². The number of anilines is 1. The minimum absolute atomic E-state index is 0.0384. The maximum absolute atomic E-state index is 12.6. The molecule has 0 unspecified atom stereocenters. The van der Waals surface area contributed by atoms with E-state index in [0.717, 1.165) is 5.56 Å². The highest BCUT2D eigenvalue weighted by atomic mass is 32.2. The van der Waals surface area contributed by atoms with Gasteiger partial charge in [-0.05, 0) is 44.5 Å². The van der Waals surface area contributed by atoms with E-state index in [1.54, 1.807) is 29.7 Å². The van der Waals surface area contributed by atoms with Crippen LogP contribution in [0.3, 0.4) is 0 Å². The van der Waals surface area contributed by atoms with E-state index in [4.69, 9.17) is 0 Å². The molecule has 0 aliphatic rings. The monoisotopic (exact) mass is 494 g/mol. The number of aromatic nitrogens is 3. The van der Waals surface area contributed by atoms with Gasteiger partial charge in [0.15, 0.2) is 11.0 Å². The summed E-state index contributed by atoms with van der Waals surface area (Å²) in [4.78, 5) is 35.5. The topological polar surface area (TPSA) is 132 Å². The van der Waals surface area contributed by atoms with Gasteiger partial charge in [0.05, 0.1) is 16.7 Å². The van der Waals surface area contributed by atoms with E-state index in [2.05, 4.69) is 27.4 Å². The maximum Gasteiger partial charge on any atom is 0.269 e. The molecule has 3 rings (SSSR count). The highest BCUT2D eigenvalue weighted by Gasteiger charge is 2.21. The first-order chi connectivity index (χ1) is 16.7. The summed E-state index contributed by atoms with van der Waals surface area (Å²) in [6.07, 6.45) is 1.69. The molecule has 0 aliphatic heterocycles. The number of allylic oxidation sites excluding steroid dienone is 1. The predicted molar refractivity (Wildman–Crippen MR) is 134 cm³/mol. The van der Waals surface area contributed by atoms with E-state index in [9.17, 15) is 19.7 Å². The zero-order valence-corrected chi connectivity index (χ0v) is 20.5. The number of nitro groups is 1. The number of non-ortho nitro benzene ring substituents is 1. The fourth-order valence-electron chi connectivity index (χ4n) is 3.30. The molecule has 2 N–H and O–H groups in total. The van der Waals surface area contributed by atoms with E-state index in [-0.39, 0.29) is 23.3 Å². The van der Waals surface area contributed by atoms with Crippen molar-refractivity contribution < 1.29 is 14.5 Å². The van der Waals surface area contributed by atoms with Crippen LogP contribution < -0.4 is 10.6 Å². The Morgan fingerprint density at radius 3 is 2.54 bits per heavy atom. The second-order valence-corrected chi connectivity index (χ2v) is 8.84. The van der Waals surface area contributed by atoms with Crippen molar-refractivity contribution in [3.05, 3.63) is 87.7 Å². The van der Waals surface area contributed by atoms with Crippen LogP contribution in [0.1, 0.15) is 40.3 Å². The van der Waals surface area contributed by atoms with Gasteiger partial charge in [-0.1, -0.05) is 35.5 Å². The van der Waals surface area contributed by atoms with Crippen LogP contribution in [-0.4, -0.2) is 37.3 Å². The number of amides is 2. The van der Waals surface area contributed by atoms with E-state index in [1.165, 1.54) is 30.0 Å². The summed E-state index contributed by atoms with van der Waals surface area (Å²) >= 11 is 1.19. The number of nitrogens with one attached hydrogen (secondary N) is 2. The van der Waals surface area contributed by atoms with Gasteiger partial charge in [0.2, 0.25) is 5.91 Å². The summed E-state index contributed by atoms with van der Waals surface area (Å²) in [5.41, 5.74) is 2.66. The first-order valence-electron chi connectivity index (χ1n) is 10.8. The van der Waals surface area contributed by atoms with Crippen molar-refractivity contribution in [1.29, 1.82) is 0 Å². The lowest BCUT2D eigenvalue weighted by molar-refractivity contribution is -0.384. The number of hydrogen-bond donors (Lipinski definition) is 2. The minimum atomic E-state index is -0.483. The normalized spacial score (nSPS) is 11.5. The zero-order valence-electron chi connectivity index (χ0n) is 19.6. The second kappa shape index (κ2) is 11.4. The van der Waals surface area contributed by atoms with E-state index in [1.807, 2.05) is 26.0 Å². The molecule has 0 aliphatic carbocycles. The average Bonchev–Trinajstić information content (AvgIpc) is 3.22. The highest BCUT2D eigenvalue weighted by molar-refractivity contribution is 7.99. The Labute approximate surface area is 207 Å². The fourth-order valence-corrected chi connectivity index (χ4v) is 4.05. The van der Waals surface area contributed by atoms with Crippen molar-refractivity contribution in [1.82, 2.24) is 20.1 Å². The molecule has 0 spiro atoms. The molecule has 182 valence electrons. The second-order valence-electron chi connectivity index (χ2n) is 7.89. The standard InChI is InChI=1S/C24H26N6O4S/c1-5-12-29-22(17(4)25-23(32)18-8-6-15(2)7-9-18)27-28-24(29)35-14-21(31)26-20-11-10-19(30(33)34)13-16(20)3/h5-11,13,17H,1,12,14H2,2-4H3,(H,25,32)(H,26,31)/t17-/m0/s1. The largest absolute Gasteiger partial charge is 0.342 e. The molecule has 0 fully saturated rings. The summed E-state index contributed by atoms with van der Waals surface area (Å²) in [6.45, 7) is 9.63. The molecule has 1 aromatic heterocycles. The SMILES string of the molecule is C=CCn1c(SCC(=O)Nc2ccc([N+](=O)[O-])cc2C)nnc1[C@H](C)NC(=O)c1ccc(C)cc1. The van der Waals surface area contributed by atoms with Crippen molar-refractivity contribution in [2.75, 3.05) is 11.1 Å². The van der Waals surface area contributed by atoms with Gasteiger partial charge in [0.1, 0.15) is 0 Å². The first kappa shape index (κ1) is 25.6. The fraction of sp³-hybridized carbons (Fsp3) is 0.250. The van der Waals surface area contributed by atoms with Crippen LogP contribution in [0, 0.1) is 24.0 Å². The lowest BCUT2D eigenvalue weighted by Gasteiger charge is -2.15. The van der Waals surface area contributed by atoms with Crippen molar-refractivity contribution in [3.8, 4) is 0 Å². The predicted octanol–water partition coefficient (Wildman–Crippen LogP) is 4.21. The molecule has 0 radical (unpaired) electrons. The van der Waals surface area contributed by atoms with Crippen LogP contribution in [0.5, 0.6) is 0 Å². The minimum Gasteiger partial charge on any atom is -0.342 e. The van der Waals surface area contributed by atoms with Gasteiger partial charge in [-0.3, -0.25) is 19.7 Å². The summed E-state index contributed by atoms with van der Waals surface area (Å²) in [6, 6.07) is 11.1. The third-order valence-corrected chi connectivity index (χ3v) is 6.10. The van der Waals surface area contributed by atoms with Gasteiger partial charge in [-0.15, -0.1) is 16.8 Å². The Hall–Kier alpha value is -3.99. The summed E-state index contributed by atoms with van der Waals surface area (Å²) < 4.78 is 1.79. The molecule has 0 saturated carbocycles. The third kappa shape index (κ3) is 6.54. The molecule has 1 atom stereocenters. The zero-order chi connectivity index (χ0) is 25.5. The molecule has 1 heterocycles. The quantitative estimate of drug-likeness (QED) is 0.187. The number of thioether (sulfide) groups is 1. The van der Waals surface area contributed by atoms with Gasteiger partial charge in [-0.25, -0.2) is 0 Å². The molecular formula is C24H26N6O4S. The van der Waals surface area contributed by atoms with Crippen LogP contribution >= 0.6 is 11.8 Å². The molecule has 2 aromatic carbocycles. The van der Waals surface area contributed by atoms with Crippen LogP contribution in [0.2, 0.25) is 0 Å². The van der Waals surface area contributed by atoms with Gasteiger partial charge in [-0.2, -0.15) is 0 Å². The molecule has 3 aromatic rings.